The van der Waals surface area contributed by atoms with Gasteiger partial charge in [0.2, 0.25) is 15.9 Å². The largest absolute Gasteiger partial charge is 0.325 e. The van der Waals surface area contributed by atoms with Crippen molar-refractivity contribution in [2.45, 2.75) is 44.6 Å². The van der Waals surface area contributed by atoms with Gasteiger partial charge in [-0.2, -0.15) is 4.31 Å². The fourth-order valence-corrected chi connectivity index (χ4v) is 5.80. The van der Waals surface area contributed by atoms with Crippen molar-refractivity contribution < 1.29 is 13.2 Å². The number of carbonyl (C=O) groups excluding carboxylic acids is 1. The van der Waals surface area contributed by atoms with Gasteiger partial charge in [-0.3, -0.25) is 4.79 Å². The number of pyridine rings is 1. The van der Waals surface area contributed by atoms with Gasteiger partial charge in [0.25, 0.3) is 0 Å². The summed E-state index contributed by atoms with van der Waals surface area (Å²) in [5.74, 6) is 0.584. The summed E-state index contributed by atoms with van der Waals surface area (Å²) in [6.07, 6.45) is 3.09. The molecule has 1 aliphatic rings. The third kappa shape index (κ3) is 3.70. The van der Waals surface area contributed by atoms with Gasteiger partial charge in [-0.05, 0) is 56.5 Å². The van der Waals surface area contributed by atoms with Crippen LogP contribution in [0.25, 0.3) is 11.2 Å². The molecule has 8 nitrogen and oxygen atoms in total. The maximum atomic E-state index is 13.4. The van der Waals surface area contributed by atoms with E-state index in [1.807, 2.05) is 26.0 Å². The normalized spacial score (nSPS) is 16.1. The van der Waals surface area contributed by atoms with Crippen LogP contribution in [0, 0.1) is 13.8 Å². The molecule has 1 fully saturated rings. The van der Waals surface area contributed by atoms with E-state index in [2.05, 4.69) is 19.9 Å². The van der Waals surface area contributed by atoms with E-state index in [1.54, 1.807) is 24.4 Å². The molecule has 158 valence electrons. The van der Waals surface area contributed by atoms with Crippen molar-refractivity contribution >= 4 is 32.8 Å². The molecule has 1 aliphatic heterocycles. The lowest BCUT2D eigenvalue weighted by Crippen LogP contribution is -2.39. The number of piperidine rings is 1. The molecule has 0 saturated carbocycles. The van der Waals surface area contributed by atoms with Gasteiger partial charge in [0.1, 0.15) is 16.2 Å². The molecule has 2 aromatic heterocycles. The SMILES string of the molecule is CC(=O)Nc1ccc(C)cc1S(=O)(=O)N1CCC(n2c(C)nc3cccnc32)CC1. The lowest BCUT2D eigenvalue weighted by Gasteiger charge is -2.33. The van der Waals surface area contributed by atoms with Crippen LogP contribution in [-0.4, -0.2) is 46.3 Å². The minimum atomic E-state index is -3.73. The summed E-state index contributed by atoms with van der Waals surface area (Å²) < 4.78 is 30.3. The van der Waals surface area contributed by atoms with Gasteiger partial charge in [-0.25, -0.2) is 18.4 Å². The molecular weight excluding hydrogens is 402 g/mol. The lowest BCUT2D eigenvalue weighted by molar-refractivity contribution is -0.114. The standard InChI is InChI=1S/C21H25N5O3S/c1-14-6-7-18(24-16(3)27)20(13-14)30(28,29)25-11-8-17(9-12-25)26-15(2)23-19-5-4-10-22-21(19)26/h4-7,10,13,17H,8-9,11-12H2,1-3H3,(H,24,27). The third-order valence-electron chi connectivity index (χ3n) is 5.48. The quantitative estimate of drug-likeness (QED) is 0.690. The molecule has 30 heavy (non-hydrogen) atoms. The number of amides is 1. The van der Waals surface area contributed by atoms with E-state index in [0.717, 1.165) is 22.6 Å². The molecule has 1 saturated heterocycles. The van der Waals surface area contributed by atoms with Crippen LogP contribution in [0.15, 0.2) is 41.4 Å². The average Bonchev–Trinajstić information content (AvgIpc) is 3.04. The molecule has 0 bridgehead atoms. The number of aryl methyl sites for hydroxylation is 2. The number of anilines is 1. The molecule has 0 unspecified atom stereocenters. The molecule has 1 N–H and O–H groups in total. The highest BCUT2D eigenvalue weighted by Gasteiger charge is 2.33. The van der Waals surface area contributed by atoms with Gasteiger partial charge in [-0.15, -0.1) is 0 Å². The lowest BCUT2D eigenvalue weighted by atomic mass is 10.1. The number of benzene rings is 1. The maximum absolute atomic E-state index is 13.4. The number of carbonyl (C=O) groups is 1. The molecular formula is C21H25N5O3S. The molecule has 3 aromatic rings. The molecule has 1 amide bonds. The first-order chi connectivity index (χ1) is 14.3. The fourth-order valence-electron chi connectivity index (χ4n) is 4.10. The van der Waals surface area contributed by atoms with Crippen LogP contribution in [0.1, 0.15) is 37.2 Å². The molecule has 1 aromatic carbocycles. The van der Waals surface area contributed by atoms with Crippen molar-refractivity contribution in [3.8, 4) is 0 Å². The predicted octanol–water partition coefficient (Wildman–Crippen LogP) is 3.03. The Kier molecular flexibility index (Phi) is 5.33. The predicted molar refractivity (Wildman–Crippen MR) is 115 cm³/mol. The zero-order chi connectivity index (χ0) is 21.5. The Hall–Kier alpha value is -2.78. The highest BCUT2D eigenvalue weighted by molar-refractivity contribution is 7.89. The topological polar surface area (TPSA) is 97.2 Å². The van der Waals surface area contributed by atoms with Crippen LogP contribution in [0.5, 0.6) is 0 Å². The number of hydrogen-bond acceptors (Lipinski definition) is 5. The van der Waals surface area contributed by atoms with E-state index in [1.165, 1.54) is 11.2 Å². The maximum Gasteiger partial charge on any atom is 0.245 e. The Morgan fingerprint density at radius 1 is 1.17 bits per heavy atom. The summed E-state index contributed by atoms with van der Waals surface area (Å²) in [5, 5.41) is 2.64. The molecule has 0 atom stereocenters. The van der Waals surface area contributed by atoms with Crippen molar-refractivity contribution in [3.63, 3.8) is 0 Å². The molecule has 0 aliphatic carbocycles. The van der Waals surface area contributed by atoms with Gasteiger partial charge < -0.3 is 9.88 Å². The van der Waals surface area contributed by atoms with Gasteiger partial charge >= 0.3 is 0 Å². The first-order valence-corrected chi connectivity index (χ1v) is 11.4. The van der Waals surface area contributed by atoms with E-state index in [0.29, 0.717) is 31.6 Å². The third-order valence-corrected chi connectivity index (χ3v) is 7.42. The number of nitrogens with zero attached hydrogens (tertiary/aromatic N) is 4. The number of rotatable bonds is 4. The summed E-state index contributed by atoms with van der Waals surface area (Å²) >= 11 is 0. The Morgan fingerprint density at radius 2 is 1.90 bits per heavy atom. The molecule has 0 spiro atoms. The van der Waals surface area contributed by atoms with Gasteiger partial charge in [0.15, 0.2) is 5.65 Å². The smallest absolute Gasteiger partial charge is 0.245 e. The van der Waals surface area contributed by atoms with Crippen LogP contribution in [0.3, 0.4) is 0 Å². The monoisotopic (exact) mass is 427 g/mol. The Labute approximate surface area is 176 Å². The van der Waals surface area contributed by atoms with Crippen molar-refractivity contribution in [2.75, 3.05) is 18.4 Å². The van der Waals surface area contributed by atoms with E-state index in [4.69, 9.17) is 0 Å². The number of fused-ring (bicyclic) bond motifs is 1. The number of aromatic nitrogens is 3. The number of hydrogen-bond donors (Lipinski definition) is 1. The van der Waals surface area contributed by atoms with Crippen LogP contribution in [0.4, 0.5) is 5.69 Å². The van der Waals surface area contributed by atoms with Crippen LogP contribution >= 0.6 is 0 Å². The van der Waals surface area contributed by atoms with Crippen molar-refractivity contribution in [2.24, 2.45) is 0 Å². The molecule has 4 rings (SSSR count). The van der Waals surface area contributed by atoms with Crippen molar-refractivity contribution in [1.82, 2.24) is 18.8 Å². The summed E-state index contributed by atoms with van der Waals surface area (Å²) in [7, 11) is -3.73. The highest BCUT2D eigenvalue weighted by atomic mass is 32.2. The summed E-state index contributed by atoms with van der Waals surface area (Å²) in [4.78, 5) is 20.7. The minimum Gasteiger partial charge on any atom is -0.325 e. The summed E-state index contributed by atoms with van der Waals surface area (Å²) in [6, 6.07) is 8.99. The van der Waals surface area contributed by atoms with Crippen LogP contribution in [-0.2, 0) is 14.8 Å². The van der Waals surface area contributed by atoms with E-state index in [9.17, 15) is 13.2 Å². The number of imidazole rings is 1. The first-order valence-electron chi connectivity index (χ1n) is 9.95. The van der Waals surface area contributed by atoms with Gasteiger partial charge in [0, 0.05) is 32.3 Å². The van der Waals surface area contributed by atoms with Crippen LogP contribution < -0.4 is 5.32 Å². The van der Waals surface area contributed by atoms with Crippen molar-refractivity contribution in [1.29, 1.82) is 0 Å². The summed E-state index contributed by atoms with van der Waals surface area (Å²) in [6.45, 7) is 5.95. The van der Waals surface area contributed by atoms with E-state index < -0.39 is 10.0 Å². The highest BCUT2D eigenvalue weighted by Crippen LogP contribution is 2.32. The number of sulfonamides is 1. The zero-order valence-corrected chi connectivity index (χ0v) is 18.1. The van der Waals surface area contributed by atoms with Crippen LogP contribution in [0.2, 0.25) is 0 Å². The molecule has 3 heterocycles. The minimum absolute atomic E-state index is 0.141. The van der Waals surface area contributed by atoms with Crippen molar-refractivity contribution in [3.05, 3.63) is 47.9 Å². The molecule has 0 radical (unpaired) electrons. The molecule has 9 heteroatoms. The Morgan fingerprint density at radius 3 is 2.60 bits per heavy atom. The van der Waals surface area contributed by atoms with E-state index >= 15 is 0 Å². The Bertz CT molecular complexity index is 1210. The van der Waals surface area contributed by atoms with Gasteiger partial charge in [-0.1, -0.05) is 6.07 Å². The number of nitrogens with one attached hydrogen (secondary N) is 1. The van der Waals surface area contributed by atoms with E-state index in [-0.39, 0.29) is 16.8 Å². The fraction of sp³-hybridized carbons (Fsp3) is 0.381. The second-order valence-electron chi connectivity index (χ2n) is 7.69. The second-order valence-corrected chi connectivity index (χ2v) is 9.60. The summed E-state index contributed by atoms with van der Waals surface area (Å²) in [5.41, 5.74) is 2.83. The zero-order valence-electron chi connectivity index (χ0n) is 17.3. The van der Waals surface area contributed by atoms with Gasteiger partial charge in [0.05, 0.1) is 5.69 Å². The average molecular weight is 428 g/mol. The Balaban J connectivity index is 1.59. The first kappa shape index (κ1) is 20.5. The second kappa shape index (κ2) is 7.81.